The van der Waals surface area contributed by atoms with Gasteiger partial charge in [-0.3, -0.25) is 0 Å². The summed E-state index contributed by atoms with van der Waals surface area (Å²) in [5.74, 6) is 4.71. The quantitative estimate of drug-likeness (QED) is 0.245. The van der Waals surface area contributed by atoms with Gasteiger partial charge < -0.3 is 4.74 Å². The van der Waals surface area contributed by atoms with Crippen LogP contribution in [0.3, 0.4) is 0 Å². The summed E-state index contributed by atoms with van der Waals surface area (Å²) in [7, 11) is 0. The van der Waals surface area contributed by atoms with Gasteiger partial charge in [0.1, 0.15) is 6.10 Å². The molecule has 38 heavy (non-hydrogen) atoms. The smallest absolute Gasteiger partial charge is 0.339 e. The molecule has 0 unspecified atom stereocenters. The lowest BCUT2D eigenvalue weighted by Gasteiger charge is -2.58. The van der Waals surface area contributed by atoms with Gasteiger partial charge >= 0.3 is 5.97 Å². The Kier molecular flexibility index (Phi) is 8.35. The van der Waals surface area contributed by atoms with Crippen molar-refractivity contribution in [2.45, 2.75) is 111 Å². The van der Waals surface area contributed by atoms with Gasteiger partial charge in [0.25, 0.3) is 0 Å². The van der Waals surface area contributed by atoms with Gasteiger partial charge in [-0.1, -0.05) is 88.7 Å². The third-order valence-electron chi connectivity index (χ3n) is 11.7. The zero-order valence-electron chi connectivity index (χ0n) is 24.2. The summed E-state index contributed by atoms with van der Waals surface area (Å²) in [4.78, 5) is 12.9. The number of hydrogen-bond acceptors (Lipinski definition) is 2. The molecule has 3 saturated carbocycles. The molecule has 8 atom stereocenters. The molecule has 2 nitrogen and oxygen atoms in total. The van der Waals surface area contributed by atoms with Crippen molar-refractivity contribution >= 4 is 29.2 Å². The van der Waals surface area contributed by atoms with Gasteiger partial charge in [0, 0.05) is 11.4 Å². The summed E-state index contributed by atoms with van der Waals surface area (Å²) >= 11 is 12.3. The first-order chi connectivity index (χ1) is 18.0. The van der Waals surface area contributed by atoms with E-state index in [9.17, 15) is 4.79 Å². The second kappa shape index (κ2) is 11.1. The Morgan fingerprint density at radius 2 is 1.82 bits per heavy atom. The standard InChI is InChI=1S/C34H48Cl2O2/c1-21(2)7-6-8-22(3)28-13-14-29-26-11-9-23-19-25(38-32(37)27-12-10-24(35)20-31(27)36)15-17-33(23,4)30(26)16-18-34(28,29)5/h9-10,12,20-22,25-26,28-30H,6-8,11,13-19H2,1-5H3/t22-,25-,26+,28-,29+,30+,33-,34+/m0/s1. The molecule has 0 aromatic heterocycles. The number of benzene rings is 1. The molecule has 0 bridgehead atoms. The fraction of sp³-hybridized carbons (Fsp3) is 0.735. The summed E-state index contributed by atoms with van der Waals surface area (Å²) in [5.41, 5.74) is 2.73. The molecule has 0 aliphatic heterocycles. The molecule has 0 amide bonds. The van der Waals surface area contributed by atoms with E-state index in [1.54, 1.807) is 23.8 Å². The fourth-order valence-corrected chi connectivity index (χ4v) is 10.1. The van der Waals surface area contributed by atoms with Gasteiger partial charge in [-0.05, 0) is 109 Å². The van der Waals surface area contributed by atoms with Crippen LogP contribution in [0.25, 0.3) is 0 Å². The van der Waals surface area contributed by atoms with Crippen molar-refractivity contribution in [2.24, 2.45) is 46.3 Å². The monoisotopic (exact) mass is 558 g/mol. The van der Waals surface area contributed by atoms with Gasteiger partial charge in [0.05, 0.1) is 10.6 Å². The maximum Gasteiger partial charge on any atom is 0.339 e. The van der Waals surface area contributed by atoms with Crippen molar-refractivity contribution in [3.05, 3.63) is 45.5 Å². The molecule has 3 fully saturated rings. The number of halogens is 2. The first-order valence-corrected chi connectivity index (χ1v) is 16.1. The summed E-state index contributed by atoms with van der Waals surface area (Å²) in [6.07, 6.45) is 16.4. The molecule has 4 aliphatic carbocycles. The highest BCUT2D eigenvalue weighted by atomic mass is 35.5. The predicted molar refractivity (Wildman–Crippen MR) is 159 cm³/mol. The number of carbonyl (C=O) groups excluding carboxylic acids is 1. The van der Waals surface area contributed by atoms with Crippen molar-refractivity contribution < 1.29 is 9.53 Å². The number of esters is 1. The lowest BCUT2D eigenvalue weighted by Crippen LogP contribution is -2.51. The van der Waals surface area contributed by atoms with Crippen LogP contribution in [0.15, 0.2) is 29.8 Å². The second-order valence-electron chi connectivity index (χ2n) is 14.2. The Labute approximate surface area is 241 Å². The van der Waals surface area contributed by atoms with Crippen molar-refractivity contribution in [2.75, 3.05) is 0 Å². The molecule has 0 radical (unpaired) electrons. The van der Waals surface area contributed by atoms with Crippen LogP contribution >= 0.6 is 23.2 Å². The maximum absolute atomic E-state index is 12.9. The van der Waals surface area contributed by atoms with Crippen LogP contribution in [-0.2, 0) is 4.74 Å². The molecule has 4 heteroatoms. The largest absolute Gasteiger partial charge is 0.458 e. The maximum atomic E-state index is 12.9. The van der Waals surface area contributed by atoms with Crippen LogP contribution in [0.1, 0.15) is 116 Å². The number of hydrogen-bond donors (Lipinski definition) is 0. The van der Waals surface area contributed by atoms with Crippen LogP contribution < -0.4 is 0 Å². The van der Waals surface area contributed by atoms with Gasteiger partial charge in [-0.2, -0.15) is 0 Å². The van der Waals surface area contributed by atoms with Crippen LogP contribution in [-0.4, -0.2) is 12.1 Å². The van der Waals surface area contributed by atoms with Gasteiger partial charge in [-0.15, -0.1) is 0 Å². The topological polar surface area (TPSA) is 26.3 Å². The Morgan fingerprint density at radius 1 is 1.03 bits per heavy atom. The normalized spacial score (nSPS) is 37.2. The summed E-state index contributed by atoms with van der Waals surface area (Å²) in [6.45, 7) is 12.5. The highest BCUT2D eigenvalue weighted by Crippen LogP contribution is 2.67. The lowest BCUT2D eigenvalue weighted by molar-refractivity contribution is -0.0594. The van der Waals surface area contributed by atoms with E-state index in [0.717, 1.165) is 54.8 Å². The molecule has 5 rings (SSSR count). The second-order valence-corrected chi connectivity index (χ2v) is 15.0. The third kappa shape index (κ3) is 5.23. The molecule has 1 aromatic rings. The Balaban J connectivity index is 1.25. The van der Waals surface area contributed by atoms with Crippen molar-refractivity contribution in [1.29, 1.82) is 0 Å². The van der Waals surface area contributed by atoms with Crippen molar-refractivity contribution in [3.63, 3.8) is 0 Å². The molecule has 0 N–H and O–H groups in total. The molecule has 0 spiro atoms. The van der Waals surface area contributed by atoms with Crippen molar-refractivity contribution in [1.82, 2.24) is 0 Å². The Bertz CT molecular complexity index is 1060. The molecule has 4 aliphatic rings. The molecule has 0 heterocycles. The predicted octanol–water partition coefficient (Wildman–Crippen LogP) is 10.6. The van der Waals surface area contributed by atoms with E-state index < -0.39 is 0 Å². The average molecular weight is 560 g/mol. The van der Waals surface area contributed by atoms with E-state index in [-0.39, 0.29) is 17.5 Å². The van der Waals surface area contributed by atoms with Crippen LogP contribution in [0, 0.1) is 46.3 Å². The molecule has 210 valence electrons. The average Bonchev–Trinajstić information content (AvgIpc) is 3.21. The minimum atomic E-state index is -0.331. The fourth-order valence-electron chi connectivity index (χ4n) is 9.62. The number of fused-ring (bicyclic) bond motifs is 5. The Morgan fingerprint density at radius 3 is 2.55 bits per heavy atom. The first-order valence-electron chi connectivity index (χ1n) is 15.4. The van der Waals surface area contributed by atoms with Crippen LogP contribution in [0.5, 0.6) is 0 Å². The van der Waals surface area contributed by atoms with Gasteiger partial charge in [0.2, 0.25) is 0 Å². The minimum Gasteiger partial charge on any atom is -0.458 e. The van der Waals surface area contributed by atoms with Crippen molar-refractivity contribution in [3.8, 4) is 0 Å². The third-order valence-corrected chi connectivity index (χ3v) is 12.2. The molecular weight excluding hydrogens is 511 g/mol. The minimum absolute atomic E-state index is 0.0680. The molecular formula is C34H48Cl2O2. The highest BCUT2D eigenvalue weighted by Gasteiger charge is 2.59. The first kappa shape index (κ1) is 28.5. The summed E-state index contributed by atoms with van der Waals surface area (Å²) in [6, 6.07) is 4.98. The SMILES string of the molecule is CC(C)CCC[C@H](C)[C@@H]1CC[C@@H]2[C@H]3CC=C4C[C@@H](OC(=O)c5ccc(Cl)cc5Cl)CC[C@]4(C)[C@@H]3CC[C@@]21C. The van der Waals surface area contributed by atoms with E-state index in [4.69, 9.17) is 27.9 Å². The highest BCUT2D eigenvalue weighted by molar-refractivity contribution is 6.36. The number of carbonyl (C=O) groups is 1. The molecule has 0 saturated heterocycles. The number of rotatable bonds is 7. The summed E-state index contributed by atoms with van der Waals surface area (Å²) < 4.78 is 5.99. The Hall–Kier alpha value is -0.990. The van der Waals surface area contributed by atoms with E-state index in [1.165, 1.54) is 51.4 Å². The van der Waals surface area contributed by atoms with Crippen LogP contribution in [0.4, 0.5) is 0 Å². The van der Waals surface area contributed by atoms with E-state index >= 15 is 0 Å². The molecule has 1 aromatic carbocycles. The number of ether oxygens (including phenoxy) is 1. The van der Waals surface area contributed by atoms with E-state index in [0.29, 0.717) is 21.0 Å². The zero-order chi connectivity index (χ0) is 27.2. The van der Waals surface area contributed by atoms with Gasteiger partial charge in [0.15, 0.2) is 0 Å². The summed E-state index contributed by atoms with van der Waals surface area (Å²) in [5, 5.41) is 0.886. The van der Waals surface area contributed by atoms with Gasteiger partial charge in [-0.25, -0.2) is 4.79 Å². The lowest BCUT2D eigenvalue weighted by atomic mass is 9.47. The zero-order valence-corrected chi connectivity index (χ0v) is 25.7. The van der Waals surface area contributed by atoms with E-state index in [1.807, 2.05) is 0 Å². The van der Waals surface area contributed by atoms with Crippen LogP contribution in [0.2, 0.25) is 10.0 Å². The number of allylic oxidation sites excluding steroid dienone is 1. The van der Waals surface area contributed by atoms with E-state index in [2.05, 4.69) is 40.7 Å².